The van der Waals surface area contributed by atoms with Crippen molar-refractivity contribution in [3.63, 3.8) is 0 Å². The molecule has 2 N–H and O–H groups in total. The van der Waals surface area contributed by atoms with E-state index in [9.17, 15) is 0 Å². The quantitative estimate of drug-likeness (QED) is 0.850. The molecular formula is C12H20N2S. The Balaban J connectivity index is 1.92. The number of nitrogens with zero attached hydrogens (tertiary/aromatic N) is 1. The molecule has 1 aromatic heterocycles. The summed E-state index contributed by atoms with van der Waals surface area (Å²) in [6.45, 7) is 1.93. The molecule has 0 saturated heterocycles. The van der Waals surface area contributed by atoms with Gasteiger partial charge in [0.1, 0.15) is 0 Å². The summed E-state index contributed by atoms with van der Waals surface area (Å²) in [5, 5.41) is 2.15. The highest BCUT2D eigenvalue weighted by Gasteiger charge is 2.29. The van der Waals surface area contributed by atoms with Gasteiger partial charge in [0.25, 0.3) is 0 Å². The van der Waals surface area contributed by atoms with Crippen molar-refractivity contribution in [2.45, 2.75) is 31.8 Å². The van der Waals surface area contributed by atoms with E-state index in [1.807, 2.05) is 11.3 Å². The summed E-state index contributed by atoms with van der Waals surface area (Å²) in [5.41, 5.74) is 5.81. The van der Waals surface area contributed by atoms with Crippen molar-refractivity contribution >= 4 is 11.3 Å². The summed E-state index contributed by atoms with van der Waals surface area (Å²) < 4.78 is 0. The van der Waals surface area contributed by atoms with Gasteiger partial charge in [0.15, 0.2) is 0 Å². The predicted molar refractivity (Wildman–Crippen MR) is 66.0 cm³/mol. The first kappa shape index (κ1) is 11.1. The summed E-state index contributed by atoms with van der Waals surface area (Å²) in [6, 6.07) is 5.05. The topological polar surface area (TPSA) is 29.3 Å². The molecule has 1 saturated carbocycles. The Kier molecular flexibility index (Phi) is 3.78. The molecule has 2 nitrogen and oxygen atoms in total. The zero-order chi connectivity index (χ0) is 10.7. The van der Waals surface area contributed by atoms with E-state index in [1.165, 1.54) is 24.1 Å². The van der Waals surface area contributed by atoms with Crippen LogP contribution in [-0.4, -0.2) is 24.5 Å². The van der Waals surface area contributed by atoms with Crippen LogP contribution in [0.2, 0.25) is 0 Å². The lowest BCUT2D eigenvalue weighted by atomic mass is 10.0. The highest BCUT2D eigenvalue weighted by atomic mass is 32.1. The molecule has 0 bridgehead atoms. The van der Waals surface area contributed by atoms with Gasteiger partial charge in [-0.15, -0.1) is 11.3 Å². The van der Waals surface area contributed by atoms with Crippen molar-refractivity contribution in [3.05, 3.63) is 22.4 Å². The van der Waals surface area contributed by atoms with Crippen molar-refractivity contribution in [2.75, 3.05) is 13.6 Å². The maximum Gasteiger partial charge on any atom is 0.0327 e. The average Bonchev–Trinajstić information content (AvgIpc) is 2.86. The van der Waals surface area contributed by atoms with E-state index >= 15 is 0 Å². The molecule has 0 amide bonds. The number of thiophene rings is 1. The highest BCUT2D eigenvalue weighted by molar-refractivity contribution is 7.09. The average molecular weight is 224 g/mol. The first-order valence-corrected chi connectivity index (χ1v) is 6.62. The van der Waals surface area contributed by atoms with Crippen LogP contribution in [0.25, 0.3) is 0 Å². The first-order chi connectivity index (χ1) is 7.31. The van der Waals surface area contributed by atoms with Crippen LogP contribution in [0.3, 0.4) is 0 Å². The normalized spacial score (nSPS) is 26.3. The number of hydrogen-bond acceptors (Lipinski definition) is 3. The molecule has 1 fully saturated rings. The van der Waals surface area contributed by atoms with Crippen LogP contribution < -0.4 is 5.73 Å². The van der Waals surface area contributed by atoms with Gasteiger partial charge in [-0.05, 0) is 43.8 Å². The Morgan fingerprint density at radius 2 is 2.40 bits per heavy atom. The molecule has 84 valence electrons. The van der Waals surface area contributed by atoms with E-state index in [-0.39, 0.29) is 0 Å². The molecule has 15 heavy (non-hydrogen) atoms. The fourth-order valence-corrected chi connectivity index (χ4v) is 3.41. The highest BCUT2D eigenvalue weighted by Crippen LogP contribution is 2.29. The van der Waals surface area contributed by atoms with Gasteiger partial charge in [-0.25, -0.2) is 0 Å². The molecule has 1 heterocycles. The minimum Gasteiger partial charge on any atom is -0.330 e. The lowest BCUT2D eigenvalue weighted by Gasteiger charge is -2.28. The Bertz CT molecular complexity index is 284. The van der Waals surface area contributed by atoms with Crippen LogP contribution in [0, 0.1) is 5.92 Å². The minimum atomic E-state index is 0.706. The van der Waals surface area contributed by atoms with Crippen molar-refractivity contribution < 1.29 is 0 Å². The molecule has 0 radical (unpaired) electrons. The second kappa shape index (κ2) is 5.10. The predicted octanol–water partition coefficient (Wildman–Crippen LogP) is 2.31. The third-order valence-corrected chi connectivity index (χ3v) is 4.33. The van der Waals surface area contributed by atoms with E-state index in [1.54, 1.807) is 0 Å². The van der Waals surface area contributed by atoms with Gasteiger partial charge in [-0.2, -0.15) is 0 Å². The fraction of sp³-hybridized carbons (Fsp3) is 0.667. The zero-order valence-electron chi connectivity index (χ0n) is 9.36. The van der Waals surface area contributed by atoms with Crippen LogP contribution >= 0.6 is 11.3 Å². The van der Waals surface area contributed by atoms with Crippen LogP contribution in [0.15, 0.2) is 17.5 Å². The van der Waals surface area contributed by atoms with Crippen LogP contribution in [-0.2, 0) is 6.54 Å². The fourth-order valence-electron chi connectivity index (χ4n) is 2.64. The monoisotopic (exact) mass is 224 g/mol. The molecule has 1 aromatic rings. The van der Waals surface area contributed by atoms with Crippen LogP contribution in [0.5, 0.6) is 0 Å². The first-order valence-electron chi connectivity index (χ1n) is 5.74. The number of nitrogens with two attached hydrogens (primary N) is 1. The van der Waals surface area contributed by atoms with E-state index in [0.717, 1.165) is 19.0 Å². The summed E-state index contributed by atoms with van der Waals surface area (Å²) in [7, 11) is 2.23. The summed E-state index contributed by atoms with van der Waals surface area (Å²) >= 11 is 1.85. The van der Waals surface area contributed by atoms with E-state index in [2.05, 4.69) is 29.5 Å². The van der Waals surface area contributed by atoms with Crippen molar-refractivity contribution in [1.29, 1.82) is 0 Å². The molecule has 0 spiro atoms. The summed E-state index contributed by atoms with van der Waals surface area (Å²) in [5.74, 6) is 0.718. The third-order valence-electron chi connectivity index (χ3n) is 3.47. The van der Waals surface area contributed by atoms with E-state index < -0.39 is 0 Å². The summed E-state index contributed by atoms with van der Waals surface area (Å²) in [4.78, 5) is 3.94. The third kappa shape index (κ3) is 2.60. The molecule has 1 aliphatic carbocycles. The maximum atomic E-state index is 5.81. The molecular weight excluding hydrogens is 204 g/mol. The van der Waals surface area contributed by atoms with Gasteiger partial charge < -0.3 is 5.73 Å². The second-order valence-corrected chi connectivity index (χ2v) is 5.52. The van der Waals surface area contributed by atoms with Gasteiger partial charge in [0.05, 0.1) is 0 Å². The smallest absolute Gasteiger partial charge is 0.0327 e. The van der Waals surface area contributed by atoms with Gasteiger partial charge in [0, 0.05) is 17.5 Å². The Morgan fingerprint density at radius 1 is 1.53 bits per heavy atom. The van der Waals surface area contributed by atoms with Crippen molar-refractivity contribution in [3.8, 4) is 0 Å². The van der Waals surface area contributed by atoms with Crippen molar-refractivity contribution in [1.82, 2.24) is 4.90 Å². The van der Waals surface area contributed by atoms with Gasteiger partial charge >= 0.3 is 0 Å². The maximum absolute atomic E-state index is 5.81. The van der Waals surface area contributed by atoms with Crippen LogP contribution in [0.4, 0.5) is 0 Å². The molecule has 2 rings (SSSR count). The lowest BCUT2D eigenvalue weighted by Crippen LogP contribution is -2.37. The number of hydrogen-bond donors (Lipinski definition) is 1. The Morgan fingerprint density at radius 3 is 3.07 bits per heavy atom. The Hall–Kier alpha value is -0.380. The summed E-state index contributed by atoms with van der Waals surface area (Å²) in [6.07, 6.45) is 3.99. The lowest BCUT2D eigenvalue weighted by molar-refractivity contribution is 0.194. The molecule has 3 heteroatoms. The SMILES string of the molecule is CN(Cc1cccs1)C1CCCC1CN. The molecule has 0 aromatic carbocycles. The molecule has 2 unspecified atom stereocenters. The molecule has 0 aliphatic heterocycles. The van der Waals surface area contributed by atoms with Crippen LogP contribution in [0.1, 0.15) is 24.1 Å². The van der Waals surface area contributed by atoms with Gasteiger partial charge in [-0.1, -0.05) is 12.5 Å². The molecule has 1 aliphatic rings. The van der Waals surface area contributed by atoms with Crippen molar-refractivity contribution in [2.24, 2.45) is 11.7 Å². The van der Waals surface area contributed by atoms with E-state index in [0.29, 0.717) is 6.04 Å². The minimum absolute atomic E-state index is 0.706. The van der Waals surface area contributed by atoms with E-state index in [4.69, 9.17) is 5.73 Å². The molecule has 2 atom stereocenters. The Labute approximate surface area is 96.1 Å². The second-order valence-electron chi connectivity index (χ2n) is 4.49. The van der Waals surface area contributed by atoms with Gasteiger partial charge in [0.2, 0.25) is 0 Å². The van der Waals surface area contributed by atoms with Gasteiger partial charge in [-0.3, -0.25) is 4.90 Å². The largest absolute Gasteiger partial charge is 0.330 e. The standard InChI is InChI=1S/C12H20N2S/c1-14(9-11-5-3-7-15-11)12-6-2-4-10(12)8-13/h3,5,7,10,12H,2,4,6,8-9,13H2,1H3. The number of rotatable bonds is 4. The zero-order valence-corrected chi connectivity index (χ0v) is 10.2.